The molecule has 0 amide bonds. The van der Waals surface area contributed by atoms with Gasteiger partial charge in [-0.25, -0.2) is 4.39 Å². The van der Waals surface area contributed by atoms with Gasteiger partial charge in [0.15, 0.2) is 0 Å². The minimum Gasteiger partial charge on any atom is -0.392 e. The van der Waals surface area contributed by atoms with Crippen LogP contribution in [0.15, 0.2) is 18.2 Å². The monoisotopic (exact) mass is 234 g/mol. The molecule has 0 fully saturated rings. The van der Waals surface area contributed by atoms with Crippen molar-refractivity contribution in [2.75, 3.05) is 12.0 Å². The smallest absolute Gasteiger partial charge is 0.126 e. The summed E-state index contributed by atoms with van der Waals surface area (Å²) in [5, 5.41) is 9.99. The van der Waals surface area contributed by atoms with Gasteiger partial charge in [-0.3, -0.25) is 0 Å². The number of aliphatic hydroxyl groups is 1. The summed E-state index contributed by atoms with van der Waals surface area (Å²) in [7, 11) is 0. The highest BCUT2D eigenvalue weighted by atomic mass is 35.5. The molecule has 0 aliphatic carbocycles. The molecule has 0 aliphatic heterocycles. The molecule has 1 aromatic rings. The van der Waals surface area contributed by atoms with Crippen molar-refractivity contribution in [2.24, 2.45) is 0 Å². The van der Waals surface area contributed by atoms with Crippen LogP contribution in [0.1, 0.15) is 5.56 Å². The van der Waals surface area contributed by atoms with Crippen molar-refractivity contribution in [3.8, 4) is 0 Å². The van der Waals surface area contributed by atoms with E-state index in [1.165, 1.54) is 23.9 Å². The number of hydrogen-bond acceptors (Lipinski definition) is 2. The fourth-order valence-electron chi connectivity index (χ4n) is 1.20. The topological polar surface area (TPSA) is 20.2 Å². The van der Waals surface area contributed by atoms with Gasteiger partial charge in [0.2, 0.25) is 0 Å². The molecule has 0 radical (unpaired) electrons. The van der Waals surface area contributed by atoms with Gasteiger partial charge in [-0.1, -0.05) is 11.6 Å². The van der Waals surface area contributed by atoms with Gasteiger partial charge in [0, 0.05) is 17.2 Å². The minimum absolute atomic E-state index is 0.311. The first-order valence-corrected chi connectivity index (χ1v) is 6.01. The van der Waals surface area contributed by atoms with Gasteiger partial charge < -0.3 is 5.11 Å². The van der Waals surface area contributed by atoms with E-state index in [-0.39, 0.29) is 5.82 Å². The quantitative estimate of drug-likeness (QED) is 0.865. The Bertz CT molecular complexity index is 306. The Morgan fingerprint density at radius 3 is 2.93 bits per heavy atom. The van der Waals surface area contributed by atoms with Crippen LogP contribution in [0.3, 0.4) is 0 Å². The zero-order chi connectivity index (χ0) is 10.6. The molecule has 1 aromatic carbocycles. The van der Waals surface area contributed by atoms with Crippen molar-refractivity contribution in [1.82, 2.24) is 0 Å². The van der Waals surface area contributed by atoms with Crippen LogP contribution in [-0.2, 0) is 6.42 Å². The van der Waals surface area contributed by atoms with E-state index >= 15 is 0 Å². The highest BCUT2D eigenvalue weighted by Crippen LogP contribution is 2.17. The Balaban J connectivity index is 2.70. The molecule has 14 heavy (non-hydrogen) atoms. The first kappa shape index (κ1) is 11.8. The van der Waals surface area contributed by atoms with E-state index < -0.39 is 6.10 Å². The SMILES string of the molecule is CSCC(O)Cc1cc(Cl)ccc1F. The normalized spacial score (nSPS) is 12.9. The van der Waals surface area contributed by atoms with Crippen molar-refractivity contribution in [2.45, 2.75) is 12.5 Å². The summed E-state index contributed by atoms with van der Waals surface area (Å²) in [4.78, 5) is 0. The minimum atomic E-state index is -0.516. The summed E-state index contributed by atoms with van der Waals surface area (Å²) in [6.07, 6.45) is 1.70. The van der Waals surface area contributed by atoms with Crippen LogP contribution < -0.4 is 0 Å². The van der Waals surface area contributed by atoms with E-state index in [9.17, 15) is 9.50 Å². The Labute approximate surface area is 92.3 Å². The molecule has 1 rings (SSSR count). The molecular formula is C10H12ClFOS. The number of benzene rings is 1. The lowest BCUT2D eigenvalue weighted by molar-refractivity contribution is 0.199. The van der Waals surface area contributed by atoms with Gasteiger partial charge in [0.05, 0.1) is 6.10 Å². The second kappa shape index (κ2) is 5.59. The lowest BCUT2D eigenvalue weighted by atomic mass is 10.1. The lowest BCUT2D eigenvalue weighted by Gasteiger charge is -2.09. The predicted octanol–water partition coefficient (Wildman–Crippen LogP) is 2.75. The maximum atomic E-state index is 13.2. The third-order valence-electron chi connectivity index (χ3n) is 1.82. The molecule has 0 aromatic heterocycles. The van der Waals surface area contributed by atoms with Gasteiger partial charge >= 0.3 is 0 Å². The van der Waals surface area contributed by atoms with Gasteiger partial charge in [0.25, 0.3) is 0 Å². The molecule has 78 valence electrons. The number of halogens is 2. The third kappa shape index (κ3) is 3.48. The van der Waals surface area contributed by atoms with Gasteiger partial charge in [-0.2, -0.15) is 11.8 Å². The number of hydrogen-bond donors (Lipinski definition) is 1. The van der Waals surface area contributed by atoms with Crippen molar-refractivity contribution in [3.05, 3.63) is 34.6 Å². The molecule has 1 nitrogen and oxygen atoms in total. The van der Waals surface area contributed by atoms with Gasteiger partial charge in [0.1, 0.15) is 5.82 Å². The Hall–Kier alpha value is -0.250. The zero-order valence-electron chi connectivity index (χ0n) is 7.84. The van der Waals surface area contributed by atoms with E-state index in [0.29, 0.717) is 22.8 Å². The van der Waals surface area contributed by atoms with Crippen molar-refractivity contribution < 1.29 is 9.50 Å². The average Bonchev–Trinajstić information content (AvgIpc) is 2.12. The highest BCUT2D eigenvalue weighted by molar-refractivity contribution is 7.98. The summed E-state index contributed by atoms with van der Waals surface area (Å²) in [5.74, 6) is 0.293. The predicted molar refractivity (Wildman–Crippen MR) is 59.5 cm³/mol. The van der Waals surface area contributed by atoms with Crippen LogP contribution in [-0.4, -0.2) is 23.2 Å². The van der Waals surface area contributed by atoms with Gasteiger partial charge in [-0.15, -0.1) is 0 Å². The van der Waals surface area contributed by atoms with E-state index in [2.05, 4.69) is 0 Å². The Morgan fingerprint density at radius 2 is 2.29 bits per heavy atom. The highest BCUT2D eigenvalue weighted by Gasteiger charge is 2.09. The van der Waals surface area contributed by atoms with Crippen LogP contribution in [0.25, 0.3) is 0 Å². The second-order valence-corrected chi connectivity index (χ2v) is 4.40. The van der Waals surface area contributed by atoms with E-state index in [1.807, 2.05) is 6.26 Å². The maximum absolute atomic E-state index is 13.2. The maximum Gasteiger partial charge on any atom is 0.126 e. The first-order chi connectivity index (χ1) is 6.63. The molecule has 1 unspecified atom stereocenters. The van der Waals surface area contributed by atoms with Crippen LogP contribution in [0.2, 0.25) is 5.02 Å². The second-order valence-electron chi connectivity index (χ2n) is 3.05. The molecule has 0 heterocycles. The zero-order valence-corrected chi connectivity index (χ0v) is 9.41. The fourth-order valence-corrected chi connectivity index (χ4v) is 1.90. The summed E-state index contributed by atoms with van der Waals surface area (Å²) in [6, 6.07) is 4.38. The van der Waals surface area contributed by atoms with Crippen molar-refractivity contribution in [3.63, 3.8) is 0 Å². The summed E-state index contributed by atoms with van der Waals surface area (Å²) in [5.41, 5.74) is 0.471. The van der Waals surface area contributed by atoms with Crippen molar-refractivity contribution in [1.29, 1.82) is 0 Å². The van der Waals surface area contributed by atoms with Gasteiger partial charge in [-0.05, 0) is 30.0 Å². The van der Waals surface area contributed by atoms with E-state index in [4.69, 9.17) is 11.6 Å². The molecule has 4 heteroatoms. The molecule has 1 atom stereocenters. The fraction of sp³-hybridized carbons (Fsp3) is 0.400. The molecule has 1 N–H and O–H groups in total. The summed E-state index contributed by atoms with van der Waals surface area (Å²) < 4.78 is 13.2. The van der Waals surface area contributed by atoms with Crippen molar-refractivity contribution >= 4 is 23.4 Å². The van der Waals surface area contributed by atoms with Crippen LogP contribution >= 0.6 is 23.4 Å². The first-order valence-electron chi connectivity index (χ1n) is 4.24. The molecule has 0 saturated carbocycles. The number of thioether (sulfide) groups is 1. The number of aliphatic hydroxyl groups excluding tert-OH is 1. The molecule has 0 bridgehead atoms. The largest absolute Gasteiger partial charge is 0.392 e. The molecular weight excluding hydrogens is 223 g/mol. The molecule has 0 saturated heterocycles. The van der Waals surface area contributed by atoms with E-state index in [0.717, 1.165) is 0 Å². The molecule has 0 spiro atoms. The molecule has 0 aliphatic rings. The average molecular weight is 235 g/mol. The lowest BCUT2D eigenvalue weighted by Crippen LogP contribution is -2.14. The van der Waals surface area contributed by atoms with Crippen LogP contribution in [0.4, 0.5) is 4.39 Å². The summed E-state index contributed by atoms with van der Waals surface area (Å²) in [6.45, 7) is 0. The van der Waals surface area contributed by atoms with Crippen LogP contribution in [0.5, 0.6) is 0 Å². The van der Waals surface area contributed by atoms with E-state index in [1.54, 1.807) is 6.07 Å². The third-order valence-corrected chi connectivity index (χ3v) is 2.78. The summed E-state index contributed by atoms with van der Waals surface area (Å²) >= 11 is 7.26. The standard InChI is InChI=1S/C10H12ClFOS/c1-14-6-9(13)5-7-4-8(11)2-3-10(7)12/h2-4,9,13H,5-6H2,1H3. The Kier molecular flexibility index (Phi) is 4.72. The Morgan fingerprint density at radius 1 is 1.57 bits per heavy atom. The van der Waals surface area contributed by atoms with Crippen LogP contribution in [0, 0.1) is 5.82 Å². The number of rotatable bonds is 4.